The number of ether oxygens (including phenoxy) is 1. The number of nitrogens with one attached hydrogen (secondary N) is 1. The number of aromatic carboxylic acids is 1. The van der Waals surface area contributed by atoms with Crippen LogP contribution in [0, 0.1) is 0 Å². The van der Waals surface area contributed by atoms with Gasteiger partial charge in [-0.05, 0) is 73.4 Å². The molecule has 0 aliphatic carbocycles. The van der Waals surface area contributed by atoms with Crippen molar-refractivity contribution in [2.24, 2.45) is 0 Å². The maximum Gasteiger partial charge on any atom is 0.335 e. The first-order valence-electron chi connectivity index (χ1n) is 12.3. The van der Waals surface area contributed by atoms with Crippen LogP contribution in [0.5, 0.6) is 5.88 Å². The molecule has 9 nitrogen and oxygen atoms in total. The number of amides is 1. The molecule has 1 heterocycles. The highest BCUT2D eigenvalue weighted by Gasteiger charge is 2.26. The van der Waals surface area contributed by atoms with Gasteiger partial charge < -0.3 is 15.2 Å². The first-order valence-corrected chi connectivity index (χ1v) is 12.7. The number of carboxylic acid groups (broad SMARTS) is 1. The van der Waals surface area contributed by atoms with Crippen LogP contribution in [0.25, 0.3) is 11.1 Å². The van der Waals surface area contributed by atoms with E-state index < -0.39 is 23.5 Å². The topological polar surface area (TPSA) is 128 Å². The molecule has 3 aromatic carbocycles. The second-order valence-electron chi connectivity index (χ2n) is 9.01. The highest BCUT2D eigenvalue weighted by atomic mass is 35.5. The number of methoxy groups -OCH3 is 1. The van der Waals surface area contributed by atoms with Gasteiger partial charge in [0.2, 0.25) is 11.8 Å². The molecule has 40 heavy (non-hydrogen) atoms. The zero-order chi connectivity index (χ0) is 28.8. The molecule has 1 unspecified atom stereocenters. The Morgan fingerprint density at radius 1 is 1.00 bits per heavy atom. The van der Waals surface area contributed by atoms with Gasteiger partial charge >= 0.3 is 5.97 Å². The van der Waals surface area contributed by atoms with E-state index in [-0.39, 0.29) is 29.2 Å². The van der Waals surface area contributed by atoms with Crippen molar-refractivity contribution in [3.8, 4) is 17.0 Å². The predicted molar refractivity (Wildman–Crippen MR) is 151 cm³/mol. The zero-order valence-electron chi connectivity index (χ0n) is 21.8. The molecule has 4 aromatic rings. The van der Waals surface area contributed by atoms with Crippen molar-refractivity contribution in [3.05, 3.63) is 111 Å². The Bertz CT molecular complexity index is 1620. The Morgan fingerprint density at radius 3 is 2.33 bits per heavy atom. The maximum absolute atomic E-state index is 13.5. The Labute approximate surface area is 235 Å². The number of halogens is 1. The lowest BCUT2D eigenvalue weighted by atomic mass is 9.98. The standard InChI is InChI=1S/C30H26ClN3O6/c1-18(35)23-14-11-21(31)16-24(23)25-17-27(36)34(33-29(25)40-2)26(15-8-19-6-4-3-5-7-19)28(37)32-22-12-9-20(10-13-22)30(38)39/h3-7,9-14,16-17,26H,8,15H2,1-2H3,(H,32,37)(H,38,39). The zero-order valence-corrected chi connectivity index (χ0v) is 22.5. The van der Waals surface area contributed by atoms with Crippen molar-refractivity contribution in [2.75, 3.05) is 12.4 Å². The Morgan fingerprint density at radius 2 is 1.70 bits per heavy atom. The minimum atomic E-state index is -1.09. The minimum absolute atomic E-state index is 0.0349. The fourth-order valence-corrected chi connectivity index (χ4v) is 4.47. The van der Waals surface area contributed by atoms with Gasteiger partial charge in [0.05, 0.1) is 18.2 Å². The van der Waals surface area contributed by atoms with Crippen LogP contribution >= 0.6 is 11.6 Å². The molecule has 10 heteroatoms. The lowest BCUT2D eigenvalue weighted by Crippen LogP contribution is -2.35. The van der Waals surface area contributed by atoms with Gasteiger partial charge in [0.15, 0.2) is 5.78 Å². The quantitative estimate of drug-likeness (QED) is 0.253. The molecule has 0 fully saturated rings. The number of carbonyl (C=O) groups excluding carboxylic acids is 2. The van der Waals surface area contributed by atoms with Gasteiger partial charge in [-0.25, -0.2) is 9.48 Å². The summed E-state index contributed by atoms with van der Waals surface area (Å²) in [4.78, 5) is 50.4. The molecule has 0 saturated heterocycles. The van der Waals surface area contributed by atoms with E-state index in [1.54, 1.807) is 18.2 Å². The highest BCUT2D eigenvalue weighted by molar-refractivity contribution is 6.31. The van der Waals surface area contributed by atoms with E-state index in [0.717, 1.165) is 10.2 Å². The van der Waals surface area contributed by atoms with Gasteiger partial charge in [0.25, 0.3) is 5.56 Å². The highest BCUT2D eigenvalue weighted by Crippen LogP contribution is 2.32. The van der Waals surface area contributed by atoms with Crippen LogP contribution in [-0.2, 0) is 11.2 Å². The molecule has 0 saturated carbocycles. The molecular weight excluding hydrogens is 534 g/mol. The van der Waals surface area contributed by atoms with Crippen LogP contribution in [0.1, 0.15) is 45.7 Å². The fraction of sp³-hybridized carbons (Fsp3) is 0.167. The summed E-state index contributed by atoms with van der Waals surface area (Å²) in [5.74, 6) is -1.80. The summed E-state index contributed by atoms with van der Waals surface area (Å²) >= 11 is 6.19. The smallest absolute Gasteiger partial charge is 0.335 e. The van der Waals surface area contributed by atoms with Gasteiger partial charge in [-0.2, -0.15) is 0 Å². The number of ketones is 1. The first-order chi connectivity index (χ1) is 19.2. The van der Waals surface area contributed by atoms with Crippen molar-refractivity contribution in [1.29, 1.82) is 0 Å². The van der Waals surface area contributed by atoms with Crippen LogP contribution in [-0.4, -0.2) is 39.7 Å². The Balaban J connectivity index is 1.75. The monoisotopic (exact) mass is 559 g/mol. The van der Waals surface area contributed by atoms with E-state index in [1.807, 2.05) is 30.3 Å². The summed E-state index contributed by atoms with van der Waals surface area (Å²) in [5.41, 5.74) is 1.81. The van der Waals surface area contributed by atoms with E-state index >= 15 is 0 Å². The molecule has 0 aliphatic rings. The third-order valence-corrected chi connectivity index (χ3v) is 6.55. The summed E-state index contributed by atoms with van der Waals surface area (Å²) in [6.07, 6.45) is 0.701. The summed E-state index contributed by atoms with van der Waals surface area (Å²) < 4.78 is 6.56. The third-order valence-electron chi connectivity index (χ3n) is 6.31. The summed E-state index contributed by atoms with van der Waals surface area (Å²) in [5, 5.41) is 16.7. The molecule has 0 bridgehead atoms. The summed E-state index contributed by atoms with van der Waals surface area (Å²) in [6, 6.07) is 20.1. The molecular formula is C30H26ClN3O6. The third kappa shape index (κ3) is 6.44. The van der Waals surface area contributed by atoms with Crippen molar-refractivity contribution in [2.45, 2.75) is 25.8 Å². The molecule has 2 N–H and O–H groups in total. The van der Waals surface area contributed by atoms with E-state index in [2.05, 4.69) is 10.4 Å². The maximum atomic E-state index is 13.5. The average molecular weight is 560 g/mol. The number of benzene rings is 3. The van der Waals surface area contributed by atoms with Gasteiger partial charge in [0, 0.05) is 22.3 Å². The van der Waals surface area contributed by atoms with Crippen molar-refractivity contribution < 1.29 is 24.2 Å². The van der Waals surface area contributed by atoms with Crippen LogP contribution in [0.15, 0.2) is 83.7 Å². The molecule has 204 valence electrons. The van der Waals surface area contributed by atoms with E-state index in [1.165, 1.54) is 44.4 Å². The number of aromatic nitrogens is 2. The predicted octanol–water partition coefficient (Wildman–Crippen LogP) is 5.29. The molecule has 0 spiro atoms. The van der Waals surface area contributed by atoms with Crippen molar-refractivity contribution in [3.63, 3.8) is 0 Å². The van der Waals surface area contributed by atoms with E-state index in [0.29, 0.717) is 28.3 Å². The number of rotatable bonds is 10. The lowest BCUT2D eigenvalue weighted by molar-refractivity contribution is -0.119. The largest absolute Gasteiger partial charge is 0.480 e. The summed E-state index contributed by atoms with van der Waals surface area (Å²) in [6.45, 7) is 1.40. The van der Waals surface area contributed by atoms with Crippen molar-refractivity contribution >= 4 is 34.9 Å². The average Bonchev–Trinajstić information content (AvgIpc) is 2.94. The number of Topliss-reactive ketones (excluding diaryl/α,β-unsaturated/α-hetero) is 1. The van der Waals surface area contributed by atoms with Crippen LogP contribution in [0.2, 0.25) is 5.02 Å². The number of carbonyl (C=O) groups is 3. The van der Waals surface area contributed by atoms with Gasteiger partial charge in [0.1, 0.15) is 6.04 Å². The normalized spacial score (nSPS) is 11.5. The second kappa shape index (κ2) is 12.4. The Kier molecular flexibility index (Phi) is 8.76. The fourth-order valence-electron chi connectivity index (χ4n) is 4.30. The molecule has 1 atom stereocenters. The second-order valence-corrected chi connectivity index (χ2v) is 9.44. The van der Waals surface area contributed by atoms with Crippen molar-refractivity contribution in [1.82, 2.24) is 9.78 Å². The SMILES string of the molecule is COc1nn(C(CCc2ccccc2)C(=O)Nc2ccc(C(=O)O)cc2)c(=O)cc1-c1cc(Cl)ccc1C(C)=O. The molecule has 0 aliphatic heterocycles. The lowest BCUT2D eigenvalue weighted by Gasteiger charge is -2.20. The number of nitrogens with zero attached hydrogens (tertiary/aromatic N) is 2. The number of hydrogen-bond donors (Lipinski definition) is 2. The first kappa shape index (κ1) is 28.3. The van der Waals surface area contributed by atoms with E-state index in [9.17, 15) is 19.2 Å². The van der Waals surface area contributed by atoms with Gasteiger partial charge in [-0.1, -0.05) is 41.9 Å². The molecule has 1 amide bonds. The van der Waals surface area contributed by atoms with Crippen LogP contribution in [0.4, 0.5) is 5.69 Å². The van der Waals surface area contributed by atoms with Crippen LogP contribution < -0.4 is 15.6 Å². The minimum Gasteiger partial charge on any atom is -0.480 e. The van der Waals surface area contributed by atoms with Gasteiger partial charge in [-0.15, -0.1) is 5.10 Å². The van der Waals surface area contributed by atoms with Gasteiger partial charge in [-0.3, -0.25) is 14.4 Å². The molecule has 1 aromatic heterocycles. The number of aryl methyl sites for hydroxylation is 1. The van der Waals surface area contributed by atoms with Crippen LogP contribution in [0.3, 0.4) is 0 Å². The number of carboxylic acids is 1. The summed E-state index contributed by atoms with van der Waals surface area (Å²) in [7, 11) is 1.38. The Hall–Kier alpha value is -4.76. The number of hydrogen-bond acceptors (Lipinski definition) is 6. The molecule has 0 radical (unpaired) electrons. The molecule has 4 rings (SSSR count). The number of anilines is 1. The van der Waals surface area contributed by atoms with E-state index in [4.69, 9.17) is 21.4 Å².